The van der Waals surface area contributed by atoms with Crippen LogP contribution in [0.1, 0.15) is 40.5 Å². The van der Waals surface area contributed by atoms with E-state index in [1.54, 1.807) is 0 Å². The van der Waals surface area contributed by atoms with Crippen LogP contribution in [0.25, 0.3) is 0 Å². The molecule has 0 bridgehead atoms. The lowest BCUT2D eigenvalue weighted by atomic mass is 10.1. The van der Waals surface area contributed by atoms with E-state index >= 15 is 0 Å². The van der Waals surface area contributed by atoms with Crippen LogP contribution in [-0.4, -0.2) is 43.8 Å². The van der Waals surface area contributed by atoms with Gasteiger partial charge < -0.3 is 23.7 Å². The molecule has 0 spiro atoms. The topological polar surface area (TPSA) is 46.2 Å². The van der Waals surface area contributed by atoms with Gasteiger partial charge in [0.1, 0.15) is 18.3 Å². The molecule has 0 radical (unpaired) electrons. The minimum absolute atomic E-state index is 0.0605. The number of hydrogen-bond acceptors (Lipinski definition) is 5. The highest BCUT2D eigenvalue weighted by Gasteiger charge is 2.55. The van der Waals surface area contributed by atoms with Gasteiger partial charge in [0, 0.05) is 12.8 Å². The predicted molar refractivity (Wildman–Crippen MR) is 71.9 cm³/mol. The first-order valence-corrected chi connectivity index (χ1v) is 7.76. The molecule has 3 unspecified atom stereocenters. The first kappa shape index (κ1) is 14.7. The van der Waals surface area contributed by atoms with Crippen molar-refractivity contribution in [2.75, 3.05) is 6.61 Å². The molecule has 3 aliphatic rings. The van der Waals surface area contributed by atoms with Crippen LogP contribution in [0, 0.1) is 11.8 Å². The molecule has 5 nitrogen and oxygen atoms in total. The van der Waals surface area contributed by atoms with E-state index in [1.165, 1.54) is 0 Å². The van der Waals surface area contributed by atoms with E-state index in [9.17, 15) is 0 Å². The second-order valence-electron chi connectivity index (χ2n) is 6.83. The Labute approximate surface area is 120 Å². The zero-order valence-electron chi connectivity index (χ0n) is 12.8. The molecule has 3 heterocycles. The van der Waals surface area contributed by atoms with Gasteiger partial charge in [0.2, 0.25) is 0 Å². The highest BCUT2D eigenvalue weighted by Crippen LogP contribution is 2.38. The monoisotopic (exact) mass is 286 g/mol. The van der Waals surface area contributed by atoms with Crippen LogP contribution in [0.3, 0.4) is 0 Å². The lowest BCUT2D eigenvalue weighted by Crippen LogP contribution is -2.46. The summed E-state index contributed by atoms with van der Waals surface area (Å²) < 4.78 is 29.4. The molecule has 116 valence electrons. The van der Waals surface area contributed by atoms with Crippen LogP contribution < -0.4 is 0 Å². The molecule has 0 saturated carbocycles. The molecule has 3 fully saturated rings. The molecule has 0 amide bonds. The van der Waals surface area contributed by atoms with E-state index in [0.29, 0.717) is 18.4 Å². The van der Waals surface area contributed by atoms with E-state index in [0.717, 1.165) is 12.8 Å². The lowest BCUT2D eigenvalue weighted by Gasteiger charge is -2.34. The SMILES string of the molecule is CC(C)CC1OC[C@H]2O[C@@H]3OC(CC(C)C)O[C@@H]3C2O1. The van der Waals surface area contributed by atoms with E-state index in [2.05, 4.69) is 27.7 Å². The number of rotatable bonds is 4. The molecule has 0 aromatic carbocycles. The Morgan fingerprint density at radius 2 is 1.45 bits per heavy atom. The minimum Gasteiger partial charge on any atom is -0.350 e. The standard InChI is InChI=1S/C15H26O5/c1-8(2)5-11-16-7-10-13(18-11)14-15(17-10)20-12(19-14)6-9(3)4/h8-15H,5-7H2,1-4H3/t10-,11?,12?,13?,14-,15-/m1/s1. The third kappa shape index (κ3) is 3.02. The van der Waals surface area contributed by atoms with E-state index in [1.807, 2.05) is 0 Å². The van der Waals surface area contributed by atoms with Crippen LogP contribution in [0.15, 0.2) is 0 Å². The minimum atomic E-state index is -0.296. The Hall–Kier alpha value is -0.200. The molecule has 6 atom stereocenters. The van der Waals surface area contributed by atoms with Gasteiger partial charge >= 0.3 is 0 Å². The highest BCUT2D eigenvalue weighted by atomic mass is 16.8. The fourth-order valence-corrected chi connectivity index (χ4v) is 3.02. The molecular formula is C15H26O5. The predicted octanol–water partition coefficient (Wildman–Crippen LogP) is 2.29. The van der Waals surface area contributed by atoms with Crippen molar-refractivity contribution in [3.05, 3.63) is 0 Å². The summed E-state index contributed by atoms with van der Waals surface area (Å²) in [6.45, 7) is 9.22. The van der Waals surface area contributed by atoms with Crippen LogP contribution in [0.2, 0.25) is 0 Å². The molecular weight excluding hydrogens is 260 g/mol. The van der Waals surface area contributed by atoms with Gasteiger partial charge in [0.25, 0.3) is 0 Å². The van der Waals surface area contributed by atoms with Crippen LogP contribution in [0.5, 0.6) is 0 Å². The molecule has 5 heteroatoms. The molecule has 3 saturated heterocycles. The van der Waals surface area contributed by atoms with Gasteiger partial charge in [0.05, 0.1) is 6.61 Å². The average Bonchev–Trinajstić information content (AvgIpc) is 2.85. The van der Waals surface area contributed by atoms with Gasteiger partial charge in [-0.2, -0.15) is 0 Å². The summed E-state index contributed by atoms with van der Waals surface area (Å²) in [6.07, 6.45) is 0.948. The molecule has 20 heavy (non-hydrogen) atoms. The number of ether oxygens (including phenoxy) is 5. The van der Waals surface area contributed by atoms with Crippen molar-refractivity contribution in [3.8, 4) is 0 Å². The molecule has 3 aliphatic heterocycles. The Balaban J connectivity index is 1.58. The second-order valence-corrected chi connectivity index (χ2v) is 6.83. The number of fused-ring (bicyclic) bond motifs is 3. The Bertz CT molecular complexity index is 332. The maximum atomic E-state index is 6.04. The van der Waals surface area contributed by atoms with Crippen molar-refractivity contribution in [1.82, 2.24) is 0 Å². The summed E-state index contributed by atoms with van der Waals surface area (Å²) in [5.74, 6) is 1.09. The summed E-state index contributed by atoms with van der Waals surface area (Å²) in [7, 11) is 0. The zero-order valence-corrected chi connectivity index (χ0v) is 12.8. The third-order valence-electron chi connectivity index (χ3n) is 3.95. The largest absolute Gasteiger partial charge is 0.350 e. The summed E-state index contributed by atoms with van der Waals surface area (Å²) in [5.41, 5.74) is 0. The maximum Gasteiger partial charge on any atom is 0.190 e. The van der Waals surface area contributed by atoms with Crippen LogP contribution in [0.4, 0.5) is 0 Å². The van der Waals surface area contributed by atoms with Crippen molar-refractivity contribution in [1.29, 1.82) is 0 Å². The lowest BCUT2D eigenvalue weighted by molar-refractivity contribution is -0.273. The summed E-state index contributed by atoms with van der Waals surface area (Å²) in [5, 5.41) is 0. The normalized spacial score (nSPS) is 44.1. The van der Waals surface area contributed by atoms with Crippen LogP contribution in [-0.2, 0) is 23.7 Å². The quantitative estimate of drug-likeness (QED) is 0.793. The van der Waals surface area contributed by atoms with Gasteiger partial charge in [-0.15, -0.1) is 0 Å². The van der Waals surface area contributed by atoms with E-state index < -0.39 is 0 Å². The molecule has 3 rings (SSSR count). The van der Waals surface area contributed by atoms with Gasteiger partial charge in [-0.05, 0) is 11.8 Å². The zero-order chi connectivity index (χ0) is 14.3. The van der Waals surface area contributed by atoms with Crippen molar-refractivity contribution >= 4 is 0 Å². The Morgan fingerprint density at radius 1 is 0.800 bits per heavy atom. The van der Waals surface area contributed by atoms with Gasteiger partial charge in [-0.1, -0.05) is 27.7 Å². The smallest absolute Gasteiger partial charge is 0.190 e. The first-order valence-electron chi connectivity index (χ1n) is 7.76. The fraction of sp³-hybridized carbons (Fsp3) is 1.00. The van der Waals surface area contributed by atoms with Gasteiger partial charge in [0.15, 0.2) is 18.9 Å². The van der Waals surface area contributed by atoms with E-state index in [-0.39, 0.29) is 37.2 Å². The first-order chi connectivity index (χ1) is 9.52. The van der Waals surface area contributed by atoms with Crippen molar-refractivity contribution in [2.45, 2.75) is 77.7 Å². The molecule has 0 aliphatic carbocycles. The average molecular weight is 286 g/mol. The summed E-state index contributed by atoms with van der Waals surface area (Å²) in [6, 6.07) is 0. The highest BCUT2D eigenvalue weighted by molar-refractivity contribution is 4.94. The van der Waals surface area contributed by atoms with Gasteiger partial charge in [-0.25, -0.2) is 0 Å². The fourth-order valence-electron chi connectivity index (χ4n) is 3.02. The Kier molecular flexibility index (Phi) is 4.34. The van der Waals surface area contributed by atoms with Crippen molar-refractivity contribution in [3.63, 3.8) is 0 Å². The maximum absolute atomic E-state index is 6.04. The van der Waals surface area contributed by atoms with Gasteiger partial charge in [-0.3, -0.25) is 0 Å². The molecule has 0 aromatic heterocycles. The molecule has 0 aromatic rings. The van der Waals surface area contributed by atoms with Crippen molar-refractivity contribution < 1.29 is 23.7 Å². The summed E-state index contributed by atoms with van der Waals surface area (Å²) >= 11 is 0. The van der Waals surface area contributed by atoms with Crippen LogP contribution >= 0.6 is 0 Å². The third-order valence-corrected chi connectivity index (χ3v) is 3.95. The van der Waals surface area contributed by atoms with Crippen molar-refractivity contribution in [2.24, 2.45) is 11.8 Å². The second kappa shape index (κ2) is 5.89. The summed E-state index contributed by atoms with van der Waals surface area (Å²) in [4.78, 5) is 0. The number of hydrogen-bond donors (Lipinski definition) is 0. The Morgan fingerprint density at radius 3 is 2.15 bits per heavy atom. The molecule has 0 N–H and O–H groups in total. The van der Waals surface area contributed by atoms with E-state index in [4.69, 9.17) is 23.7 Å².